The number of halogens is 1. The van der Waals surface area contributed by atoms with Gasteiger partial charge in [0, 0.05) is 39.3 Å². The summed E-state index contributed by atoms with van der Waals surface area (Å²) in [6.45, 7) is 7.64. The van der Waals surface area contributed by atoms with Gasteiger partial charge in [-0.15, -0.1) is 0 Å². The standard InChI is InChI=1S/C16H24FN3/c1-18-7-6-14(12-18)13-19-8-10-20(11-9-19)16-5-3-2-4-15(16)17/h2-5,14H,6-13H2,1H3. The smallest absolute Gasteiger partial charge is 0.146 e. The van der Waals surface area contributed by atoms with Crippen molar-refractivity contribution in [3.63, 3.8) is 0 Å². The molecule has 0 spiro atoms. The zero-order valence-corrected chi connectivity index (χ0v) is 12.3. The van der Waals surface area contributed by atoms with E-state index in [1.807, 2.05) is 12.1 Å². The third kappa shape index (κ3) is 3.13. The van der Waals surface area contributed by atoms with E-state index < -0.39 is 0 Å². The predicted molar refractivity (Wildman–Crippen MR) is 80.7 cm³/mol. The molecule has 110 valence electrons. The van der Waals surface area contributed by atoms with Gasteiger partial charge in [0.1, 0.15) is 5.82 Å². The average Bonchev–Trinajstić information content (AvgIpc) is 2.86. The van der Waals surface area contributed by atoms with E-state index in [1.54, 1.807) is 12.1 Å². The van der Waals surface area contributed by atoms with Crippen molar-refractivity contribution < 1.29 is 4.39 Å². The van der Waals surface area contributed by atoms with Gasteiger partial charge in [0.2, 0.25) is 0 Å². The van der Waals surface area contributed by atoms with Gasteiger partial charge < -0.3 is 9.80 Å². The van der Waals surface area contributed by atoms with Gasteiger partial charge in [-0.3, -0.25) is 4.90 Å². The molecule has 0 aromatic heterocycles. The molecule has 1 aromatic carbocycles. The fraction of sp³-hybridized carbons (Fsp3) is 0.625. The highest BCUT2D eigenvalue weighted by Crippen LogP contribution is 2.21. The van der Waals surface area contributed by atoms with Crippen LogP contribution < -0.4 is 4.90 Å². The van der Waals surface area contributed by atoms with Crippen molar-refractivity contribution in [2.45, 2.75) is 6.42 Å². The summed E-state index contributed by atoms with van der Waals surface area (Å²) in [4.78, 5) is 7.13. The summed E-state index contributed by atoms with van der Waals surface area (Å²) in [5.41, 5.74) is 0.757. The van der Waals surface area contributed by atoms with E-state index in [-0.39, 0.29) is 5.82 Å². The SMILES string of the molecule is CN1CCC(CN2CCN(c3ccccc3F)CC2)C1. The Labute approximate surface area is 121 Å². The molecule has 2 aliphatic rings. The maximum absolute atomic E-state index is 13.8. The van der Waals surface area contributed by atoms with Crippen LogP contribution in [0.1, 0.15) is 6.42 Å². The molecule has 0 bridgehead atoms. The second-order valence-electron chi connectivity index (χ2n) is 6.16. The van der Waals surface area contributed by atoms with E-state index in [4.69, 9.17) is 0 Å². The number of hydrogen-bond acceptors (Lipinski definition) is 3. The van der Waals surface area contributed by atoms with Crippen LogP contribution in [0.4, 0.5) is 10.1 Å². The molecule has 4 heteroatoms. The van der Waals surface area contributed by atoms with Crippen molar-refractivity contribution in [1.82, 2.24) is 9.80 Å². The molecule has 0 N–H and O–H groups in total. The molecule has 1 unspecified atom stereocenters. The van der Waals surface area contributed by atoms with Gasteiger partial charge >= 0.3 is 0 Å². The third-order valence-corrected chi connectivity index (χ3v) is 4.57. The summed E-state index contributed by atoms with van der Waals surface area (Å²) < 4.78 is 13.8. The van der Waals surface area contributed by atoms with E-state index in [0.29, 0.717) is 0 Å². The first-order valence-electron chi connectivity index (χ1n) is 7.63. The largest absolute Gasteiger partial charge is 0.367 e. The maximum Gasteiger partial charge on any atom is 0.146 e. The number of likely N-dealkylation sites (tertiary alicyclic amines) is 1. The molecule has 1 aromatic rings. The van der Waals surface area contributed by atoms with E-state index >= 15 is 0 Å². The second kappa shape index (κ2) is 6.10. The van der Waals surface area contributed by atoms with Crippen molar-refractivity contribution in [3.8, 4) is 0 Å². The van der Waals surface area contributed by atoms with E-state index in [9.17, 15) is 4.39 Å². The summed E-state index contributed by atoms with van der Waals surface area (Å²) in [5.74, 6) is 0.721. The van der Waals surface area contributed by atoms with Crippen LogP contribution >= 0.6 is 0 Å². The Morgan fingerprint density at radius 1 is 1.10 bits per heavy atom. The molecule has 0 saturated carbocycles. The highest BCUT2D eigenvalue weighted by molar-refractivity contribution is 5.47. The van der Waals surface area contributed by atoms with E-state index in [2.05, 4.69) is 21.7 Å². The van der Waals surface area contributed by atoms with Gasteiger partial charge in [-0.1, -0.05) is 12.1 Å². The fourth-order valence-corrected chi connectivity index (χ4v) is 3.42. The lowest BCUT2D eigenvalue weighted by molar-refractivity contribution is 0.218. The lowest BCUT2D eigenvalue weighted by atomic mass is 10.1. The first-order chi connectivity index (χ1) is 9.72. The lowest BCUT2D eigenvalue weighted by Crippen LogP contribution is -2.48. The van der Waals surface area contributed by atoms with Gasteiger partial charge in [0.05, 0.1) is 5.69 Å². The van der Waals surface area contributed by atoms with Crippen LogP contribution in [0.3, 0.4) is 0 Å². The van der Waals surface area contributed by atoms with Gasteiger partial charge in [-0.05, 0) is 38.1 Å². The predicted octanol–water partition coefficient (Wildman–Crippen LogP) is 1.90. The minimum atomic E-state index is -0.0987. The van der Waals surface area contributed by atoms with Gasteiger partial charge in [0.15, 0.2) is 0 Å². The van der Waals surface area contributed by atoms with Crippen molar-refractivity contribution in [3.05, 3.63) is 30.1 Å². The Morgan fingerprint density at radius 2 is 1.85 bits per heavy atom. The molecular formula is C16H24FN3. The quantitative estimate of drug-likeness (QED) is 0.835. The third-order valence-electron chi connectivity index (χ3n) is 4.57. The van der Waals surface area contributed by atoms with Crippen LogP contribution in [0.25, 0.3) is 0 Å². The zero-order valence-electron chi connectivity index (χ0n) is 12.3. The Balaban J connectivity index is 1.51. The van der Waals surface area contributed by atoms with Gasteiger partial charge in [-0.25, -0.2) is 4.39 Å². The molecule has 2 aliphatic heterocycles. The Hall–Kier alpha value is -1.13. The van der Waals surface area contributed by atoms with Gasteiger partial charge in [-0.2, -0.15) is 0 Å². The minimum Gasteiger partial charge on any atom is -0.367 e. The van der Waals surface area contributed by atoms with E-state index in [1.165, 1.54) is 26.1 Å². The van der Waals surface area contributed by atoms with Crippen LogP contribution in [-0.2, 0) is 0 Å². The first-order valence-corrected chi connectivity index (χ1v) is 7.63. The topological polar surface area (TPSA) is 9.72 Å². The number of piperazine rings is 1. The molecule has 2 heterocycles. The van der Waals surface area contributed by atoms with Crippen LogP contribution in [-0.4, -0.2) is 62.7 Å². The molecule has 0 aliphatic carbocycles. The molecule has 2 saturated heterocycles. The molecule has 2 fully saturated rings. The normalized spacial score (nSPS) is 25.3. The van der Waals surface area contributed by atoms with Crippen molar-refractivity contribution in [2.24, 2.45) is 5.92 Å². The molecule has 3 nitrogen and oxygen atoms in total. The van der Waals surface area contributed by atoms with Crippen LogP contribution in [0.15, 0.2) is 24.3 Å². The highest BCUT2D eigenvalue weighted by Gasteiger charge is 2.25. The van der Waals surface area contributed by atoms with Crippen molar-refractivity contribution in [2.75, 3.05) is 57.8 Å². The van der Waals surface area contributed by atoms with Crippen LogP contribution in [0.2, 0.25) is 0 Å². The summed E-state index contributed by atoms with van der Waals surface area (Å²) in [5, 5.41) is 0. The molecule has 0 amide bonds. The Bertz CT molecular complexity index is 443. The van der Waals surface area contributed by atoms with Crippen molar-refractivity contribution in [1.29, 1.82) is 0 Å². The van der Waals surface area contributed by atoms with Gasteiger partial charge in [0.25, 0.3) is 0 Å². The summed E-state index contributed by atoms with van der Waals surface area (Å²) in [6.07, 6.45) is 1.32. The summed E-state index contributed by atoms with van der Waals surface area (Å²) >= 11 is 0. The number of benzene rings is 1. The van der Waals surface area contributed by atoms with E-state index in [0.717, 1.165) is 37.8 Å². The summed E-state index contributed by atoms with van der Waals surface area (Å²) in [7, 11) is 2.20. The number of rotatable bonds is 3. The van der Waals surface area contributed by atoms with Crippen LogP contribution in [0.5, 0.6) is 0 Å². The maximum atomic E-state index is 13.8. The number of hydrogen-bond donors (Lipinski definition) is 0. The zero-order chi connectivity index (χ0) is 13.9. The fourth-order valence-electron chi connectivity index (χ4n) is 3.42. The number of nitrogens with zero attached hydrogens (tertiary/aromatic N) is 3. The molecule has 20 heavy (non-hydrogen) atoms. The lowest BCUT2D eigenvalue weighted by Gasteiger charge is -2.37. The average molecular weight is 277 g/mol. The molecule has 0 radical (unpaired) electrons. The first kappa shape index (κ1) is 13.8. The number of para-hydroxylation sites is 1. The van der Waals surface area contributed by atoms with Crippen LogP contribution in [0, 0.1) is 11.7 Å². The highest BCUT2D eigenvalue weighted by atomic mass is 19.1. The monoisotopic (exact) mass is 277 g/mol. The Morgan fingerprint density at radius 3 is 2.50 bits per heavy atom. The molecular weight excluding hydrogens is 253 g/mol. The molecule has 1 atom stereocenters. The second-order valence-corrected chi connectivity index (χ2v) is 6.16. The number of anilines is 1. The minimum absolute atomic E-state index is 0.0987. The summed E-state index contributed by atoms with van der Waals surface area (Å²) in [6, 6.07) is 7.11. The Kier molecular flexibility index (Phi) is 4.22. The molecule has 3 rings (SSSR count). The van der Waals surface area contributed by atoms with Crippen molar-refractivity contribution >= 4 is 5.69 Å².